The van der Waals surface area contributed by atoms with Crippen molar-refractivity contribution in [3.63, 3.8) is 0 Å². The molecule has 2 unspecified atom stereocenters. The number of aldehydes is 1. The Balaban J connectivity index is 3.04. The number of hydrogen-bond donors (Lipinski definition) is 3. The number of carbonyl (C=O) groups is 1. The molecule has 1 aromatic carbocycles. The summed E-state index contributed by atoms with van der Waals surface area (Å²) >= 11 is 0. The summed E-state index contributed by atoms with van der Waals surface area (Å²) in [7, 11) is 1.49. The van der Waals surface area contributed by atoms with Gasteiger partial charge in [-0.25, -0.2) is 0 Å². The summed E-state index contributed by atoms with van der Waals surface area (Å²) in [6, 6.07) is 4.70. The second kappa shape index (κ2) is 6.34. The van der Waals surface area contributed by atoms with Gasteiger partial charge in [0.1, 0.15) is 18.1 Å². The number of carbonyl (C=O) groups excluding carboxylic acids is 1. The molecule has 0 spiro atoms. The van der Waals surface area contributed by atoms with E-state index in [0.717, 1.165) is 0 Å². The van der Waals surface area contributed by atoms with Gasteiger partial charge in [-0.05, 0) is 36.7 Å². The molecule has 0 saturated heterocycles. The quantitative estimate of drug-likeness (QED) is 0.619. The lowest BCUT2D eigenvalue weighted by Gasteiger charge is -2.19. The Morgan fingerprint density at radius 3 is 2.71 bits per heavy atom. The van der Waals surface area contributed by atoms with Crippen molar-refractivity contribution in [1.82, 2.24) is 0 Å². The van der Waals surface area contributed by atoms with E-state index in [-0.39, 0.29) is 13.0 Å². The second-order valence-corrected chi connectivity index (χ2v) is 3.70. The predicted octanol–water partition coefficient (Wildman–Crippen LogP) is 0.251. The fourth-order valence-electron chi connectivity index (χ4n) is 1.58. The van der Waals surface area contributed by atoms with Crippen LogP contribution < -0.4 is 10.5 Å². The minimum Gasteiger partial charge on any atom is -0.497 e. The Morgan fingerprint density at radius 1 is 1.47 bits per heavy atom. The topological polar surface area (TPSA) is 92.8 Å². The van der Waals surface area contributed by atoms with E-state index in [9.17, 15) is 15.0 Å². The van der Waals surface area contributed by atoms with Crippen molar-refractivity contribution in [1.29, 1.82) is 0 Å². The first kappa shape index (κ1) is 13.6. The molecule has 0 fully saturated rings. The fraction of sp³-hybridized carbons (Fsp3) is 0.417. The van der Waals surface area contributed by atoms with E-state index in [0.29, 0.717) is 23.2 Å². The largest absolute Gasteiger partial charge is 0.497 e. The lowest BCUT2D eigenvalue weighted by atomic mass is 9.97. The smallest absolute Gasteiger partial charge is 0.150 e. The number of nitrogens with two attached hydrogens (primary N) is 1. The first-order valence-electron chi connectivity index (χ1n) is 5.33. The number of ether oxygens (including phenoxy) is 1. The van der Waals surface area contributed by atoms with Gasteiger partial charge in [-0.2, -0.15) is 0 Å². The summed E-state index contributed by atoms with van der Waals surface area (Å²) in [4.78, 5) is 10.9. The molecule has 17 heavy (non-hydrogen) atoms. The fourth-order valence-corrected chi connectivity index (χ4v) is 1.58. The molecule has 0 aliphatic rings. The average Bonchev–Trinajstić information content (AvgIpc) is 2.37. The van der Waals surface area contributed by atoms with E-state index in [4.69, 9.17) is 10.5 Å². The predicted molar refractivity (Wildman–Crippen MR) is 63.0 cm³/mol. The van der Waals surface area contributed by atoms with Crippen LogP contribution >= 0.6 is 0 Å². The summed E-state index contributed by atoms with van der Waals surface area (Å²) in [5.41, 5.74) is 5.98. The third kappa shape index (κ3) is 3.26. The molecule has 4 N–H and O–H groups in total. The van der Waals surface area contributed by atoms with Crippen molar-refractivity contribution in [2.24, 2.45) is 5.73 Å². The van der Waals surface area contributed by atoms with Crippen molar-refractivity contribution >= 4 is 6.29 Å². The molecule has 0 heterocycles. The van der Waals surface area contributed by atoms with Crippen LogP contribution in [0, 0.1) is 0 Å². The maximum Gasteiger partial charge on any atom is 0.150 e. The van der Waals surface area contributed by atoms with Gasteiger partial charge in [-0.1, -0.05) is 0 Å². The minimum atomic E-state index is -1.14. The minimum absolute atomic E-state index is 0.261. The van der Waals surface area contributed by atoms with Crippen LogP contribution in [-0.4, -0.2) is 36.3 Å². The van der Waals surface area contributed by atoms with Gasteiger partial charge in [-0.15, -0.1) is 0 Å². The van der Waals surface area contributed by atoms with Crippen molar-refractivity contribution in [3.05, 3.63) is 29.3 Å². The summed E-state index contributed by atoms with van der Waals surface area (Å²) in [6.07, 6.45) is -1.25. The number of aliphatic hydroxyl groups is 2. The van der Waals surface area contributed by atoms with Crippen LogP contribution in [0.25, 0.3) is 0 Å². The Hall–Kier alpha value is -1.43. The zero-order chi connectivity index (χ0) is 12.8. The zero-order valence-corrected chi connectivity index (χ0v) is 9.67. The normalized spacial score (nSPS) is 14.1. The van der Waals surface area contributed by atoms with E-state index in [2.05, 4.69) is 0 Å². The maximum absolute atomic E-state index is 10.9. The van der Waals surface area contributed by atoms with Crippen LogP contribution in [0.2, 0.25) is 0 Å². The maximum atomic E-state index is 10.9. The first-order valence-corrected chi connectivity index (χ1v) is 5.33. The Labute approximate surface area is 99.8 Å². The molecular weight excluding hydrogens is 222 g/mol. The van der Waals surface area contributed by atoms with Gasteiger partial charge in [0.2, 0.25) is 0 Å². The van der Waals surface area contributed by atoms with Gasteiger partial charge >= 0.3 is 0 Å². The van der Waals surface area contributed by atoms with Crippen LogP contribution in [0.3, 0.4) is 0 Å². The molecular formula is C12H17NO4. The van der Waals surface area contributed by atoms with E-state index in [1.807, 2.05) is 0 Å². The van der Waals surface area contributed by atoms with Crippen LogP contribution in [0.4, 0.5) is 0 Å². The summed E-state index contributed by atoms with van der Waals surface area (Å²) in [5.74, 6) is 0.518. The van der Waals surface area contributed by atoms with Crippen molar-refractivity contribution in [2.45, 2.75) is 18.6 Å². The molecule has 0 aromatic heterocycles. The van der Waals surface area contributed by atoms with Gasteiger partial charge in [0.25, 0.3) is 0 Å². The van der Waals surface area contributed by atoms with Gasteiger partial charge in [0.05, 0.1) is 13.2 Å². The van der Waals surface area contributed by atoms with Crippen LogP contribution in [-0.2, 0) is 0 Å². The van der Waals surface area contributed by atoms with E-state index in [1.54, 1.807) is 12.1 Å². The highest BCUT2D eigenvalue weighted by molar-refractivity contribution is 5.78. The van der Waals surface area contributed by atoms with Gasteiger partial charge < -0.3 is 20.7 Å². The number of rotatable bonds is 6. The molecule has 0 amide bonds. The standard InChI is InChI=1S/C12H17NO4/c1-17-9-3-2-8(7-14)10(6-9)12(16)11(15)4-5-13/h2-3,6-7,11-12,15-16H,4-5,13H2,1H3. The Kier molecular flexibility index (Phi) is 5.09. The van der Waals surface area contributed by atoms with Gasteiger partial charge in [-0.3, -0.25) is 4.79 Å². The highest BCUT2D eigenvalue weighted by Gasteiger charge is 2.21. The molecule has 5 heteroatoms. The SMILES string of the molecule is COc1ccc(C=O)c(C(O)C(O)CCN)c1. The number of aliphatic hydroxyl groups excluding tert-OH is 2. The van der Waals surface area contributed by atoms with Crippen LogP contribution in [0.15, 0.2) is 18.2 Å². The molecule has 0 saturated carbocycles. The third-order valence-electron chi connectivity index (χ3n) is 2.57. The first-order chi connectivity index (χ1) is 8.13. The van der Waals surface area contributed by atoms with E-state index in [1.165, 1.54) is 13.2 Å². The average molecular weight is 239 g/mol. The molecule has 0 aliphatic carbocycles. The molecule has 94 valence electrons. The monoisotopic (exact) mass is 239 g/mol. The lowest BCUT2D eigenvalue weighted by Crippen LogP contribution is -2.22. The highest BCUT2D eigenvalue weighted by atomic mass is 16.5. The van der Waals surface area contributed by atoms with Crippen molar-refractivity contribution in [3.8, 4) is 5.75 Å². The molecule has 0 aliphatic heterocycles. The zero-order valence-electron chi connectivity index (χ0n) is 9.67. The third-order valence-corrected chi connectivity index (χ3v) is 2.57. The number of methoxy groups -OCH3 is 1. The summed E-state index contributed by atoms with van der Waals surface area (Å²) in [6.45, 7) is 0.263. The van der Waals surface area contributed by atoms with Gasteiger partial charge in [0, 0.05) is 5.56 Å². The second-order valence-electron chi connectivity index (χ2n) is 3.70. The molecule has 1 aromatic rings. The summed E-state index contributed by atoms with van der Waals surface area (Å²) < 4.78 is 5.01. The van der Waals surface area contributed by atoms with Crippen LogP contribution in [0.5, 0.6) is 5.75 Å². The molecule has 2 atom stereocenters. The molecule has 0 bridgehead atoms. The van der Waals surface area contributed by atoms with Gasteiger partial charge in [0.15, 0.2) is 0 Å². The molecule has 5 nitrogen and oxygen atoms in total. The van der Waals surface area contributed by atoms with E-state index >= 15 is 0 Å². The summed E-state index contributed by atoms with van der Waals surface area (Å²) in [5, 5.41) is 19.6. The Morgan fingerprint density at radius 2 is 2.18 bits per heavy atom. The van der Waals surface area contributed by atoms with Crippen LogP contribution in [0.1, 0.15) is 28.4 Å². The lowest BCUT2D eigenvalue weighted by molar-refractivity contribution is 0.0146. The number of hydrogen-bond acceptors (Lipinski definition) is 5. The van der Waals surface area contributed by atoms with Crippen molar-refractivity contribution in [2.75, 3.05) is 13.7 Å². The Bertz CT molecular complexity index is 381. The highest BCUT2D eigenvalue weighted by Crippen LogP contribution is 2.25. The molecule has 1 rings (SSSR count). The van der Waals surface area contributed by atoms with Crippen molar-refractivity contribution < 1.29 is 19.7 Å². The van der Waals surface area contributed by atoms with E-state index < -0.39 is 12.2 Å². The molecule has 0 radical (unpaired) electrons. The number of benzene rings is 1.